The molecule has 0 aromatic rings. The van der Waals surface area contributed by atoms with Gasteiger partial charge in [0.2, 0.25) is 0 Å². The lowest BCUT2D eigenvalue weighted by Crippen LogP contribution is -1.92. The van der Waals surface area contributed by atoms with E-state index in [1.807, 2.05) is 6.92 Å². The first kappa shape index (κ1) is 8.01. The van der Waals surface area contributed by atoms with Crippen LogP contribution in [-0.2, 0) is 0 Å². The fourth-order valence-electron chi connectivity index (χ4n) is 0.118. The first-order valence-electron chi connectivity index (χ1n) is 1.96. The largest absolute Gasteiger partial charge is 0.382 e. The van der Waals surface area contributed by atoms with Crippen molar-refractivity contribution >= 4 is 32.3 Å². The molecule has 1 N–H and O–H groups in total. The van der Waals surface area contributed by atoms with Crippen LogP contribution in [-0.4, -0.2) is 10.5 Å². The number of aliphatic hydroxyl groups is 1. The minimum atomic E-state index is -0.248. The highest BCUT2D eigenvalue weighted by molar-refractivity contribution is 9.05. The van der Waals surface area contributed by atoms with Crippen LogP contribution in [0.3, 0.4) is 0 Å². The van der Waals surface area contributed by atoms with Crippen LogP contribution in [0.1, 0.15) is 13.3 Å². The fourth-order valence-corrected chi connectivity index (χ4v) is 1.95. The van der Waals surface area contributed by atoms with Crippen molar-refractivity contribution in [1.82, 2.24) is 0 Å². The van der Waals surface area contributed by atoms with Crippen molar-refractivity contribution in [3.8, 4) is 0 Å². The maximum atomic E-state index is 8.75. The first-order valence-corrected chi connectivity index (χ1v) is 5.22. The standard InChI is InChI=1S/C3H8OS3/c1-2-3(4)6-7-5/h3-5H,2H2,1H3. The lowest BCUT2D eigenvalue weighted by atomic mass is 10.5. The van der Waals surface area contributed by atoms with Gasteiger partial charge in [-0.15, -0.1) is 0 Å². The van der Waals surface area contributed by atoms with E-state index in [-0.39, 0.29) is 5.44 Å². The maximum absolute atomic E-state index is 8.75. The highest BCUT2D eigenvalue weighted by atomic mass is 33.5. The normalized spacial score (nSPS) is 14.1. The topological polar surface area (TPSA) is 20.2 Å². The molecule has 0 amide bonds. The number of thiol groups is 1. The van der Waals surface area contributed by atoms with Crippen molar-refractivity contribution < 1.29 is 5.11 Å². The van der Waals surface area contributed by atoms with Gasteiger partial charge in [0.25, 0.3) is 0 Å². The Morgan fingerprint density at radius 2 is 2.43 bits per heavy atom. The molecule has 0 radical (unpaired) electrons. The van der Waals surface area contributed by atoms with Gasteiger partial charge >= 0.3 is 0 Å². The molecule has 44 valence electrons. The summed E-state index contributed by atoms with van der Waals surface area (Å²) in [6, 6.07) is 0. The SMILES string of the molecule is CCC(O)SSS. The Balaban J connectivity index is 2.83. The number of hydrogen-bond donors (Lipinski definition) is 2. The molecular formula is C3H8OS3. The second kappa shape index (κ2) is 5.15. The molecule has 0 aliphatic carbocycles. The van der Waals surface area contributed by atoms with E-state index >= 15 is 0 Å². The number of hydrogen-bond acceptors (Lipinski definition) is 4. The summed E-state index contributed by atoms with van der Waals surface area (Å²) < 4.78 is 0. The molecule has 1 nitrogen and oxygen atoms in total. The van der Waals surface area contributed by atoms with Crippen LogP contribution in [0.5, 0.6) is 0 Å². The number of aliphatic hydroxyl groups excluding tert-OH is 1. The fraction of sp³-hybridized carbons (Fsp3) is 1.00. The third-order valence-electron chi connectivity index (χ3n) is 0.503. The molecule has 0 rings (SSSR count). The van der Waals surface area contributed by atoms with Crippen molar-refractivity contribution in [2.75, 3.05) is 0 Å². The van der Waals surface area contributed by atoms with Crippen molar-refractivity contribution in [2.45, 2.75) is 18.8 Å². The van der Waals surface area contributed by atoms with E-state index in [4.69, 9.17) is 5.11 Å². The van der Waals surface area contributed by atoms with Crippen molar-refractivity contribution in [2.24, 2.45) is 0 Å². The molecular weight excluding hydrogens is 148 g/mol. The molecule has 0 aliphatic heterocycles. The summed E-state index contributed by atoms with van der Waals surface area (Å²) in [5, 5.41) is 8.75. The van der Waals surface area contributed by atoms with E-state index in [0.717, 1.165) is 6.42 Å². The smallest absolute Gasteiger partial charge is 0.110 e. The van der Waals surface area contributed by atoms with Crippen LogP contribution in [0.4, 0.5) is 0 Å². The van der Waals surface area contributed by atoms with Crippen molar-refractivity contribution in [1.29, 1.82) is 0 Å². The summed E-state index contributed by atoms with van der Waals surface area (Å²) in [5.74, 6) is 0. The Hall–Kier alpha value is 1.01. The summed E-state index contributed by atoms with van der Waals surface area (Å²) >= 11 is 3.83. The molecule has 0 heterocycles. The van der Waals surface area contributed by atoms with Crippen LogP contribution in [0.15, 0.2) is 0 Å². The molecule has 0 spiro atoms. The van der Waals surface area contributed by atoms with Crippen LogP contribution in [0.25, 0.3) is 0 Å². The third kappa shape index (κ3) is 4.87. The summed E-state index contributed by atoms with van der Waals surface area (Å²) in [7, 11) is 2.66. The molecule has 1 atom stereocenters. The van der Waals surface area contributed by atoms with Gasteiger partial charge in [-0.25, -0.2) is 0 Å². The summed E-state index contributed by atoms with van der Waals surface area (Å²) in [4.78, 5) is 0. The molecule has 0 aromatic heterocycles. The highest BCUT2D eigenvalue weighted by Crippen LogP contribution is 2.29. The van der Waals surface area contributed by atoms with E-state index in [0.29, 0.717) is 0 Å². The molecule has 7 heavy (non-hydrogen) atoms. The summed E-state index contributed by atoms with van der Waals surface area (Å²) in [5.41, 5.74) is -0.248. The van der Waals surface area contributed by atoms with Gasteiger partial charge in [0.1, 0.15) is 5.44 Å². The van der Waals surface area contributed by atoms with Gasteiger partial charge in [-0.3, -0.25) is 0 Å². The van der Waals surface area contributed by atoms with Crippen LogP contribution >= 0.6 is 32.3 Å². The Kier molecular flexibility index (Phi) is 5.90. The summed E-state index contributed by atoms with van der Waals surface area (Å²) in [6.45, 7) is 1.93. The first-order chi connectivity index (χ1) is 3.31. The summed E-state index contributed by atoms with van der Waals surface area (Å²) in [6.07, 6.45) is 0.790. The van der Waals surface area contributed by atoms with Crippen molar-refractivity contribution in [3.05, 3.63) is 0 Å². The lowest BCUT2D eigenvalue weighted by Gasteiger charge is -1.99. The Labute approximate surface area is 56.5 Å². The van der Waals surface area contributed by atoms with Gasteiger partial charge in [-0.2, -0.15) is 0 Å². The van der Waals surface area contributed by atoms with Gasteiger partial charge in [0.05, 0.1) is 0 Å². The maximum Gasteiger partial charge on any atom is 0.110 e. The van der Waals surface area contributed by atoms with Crippen LogP contribution < -0.4 is 0 Å². The van der Waals surface area contributed by atoms with E-state index in [1.165, 1.54) is 20.6 Å². The zero-order valence-corrected chi connectivity index (χ0v) is 6.52. The molecule has 0 saturated carbocycles. The molecule has 4 heteroatoms. The Morgan fingerprint density at radius 3 is 2.57 bits per heavy atom. The van der Waals surface area contributed by atoms with E-state index in [9.17, 15) is 0 Å². The monoisotopic (exact) mass is 156 g/mol. The minimum absolute atomic E-state index is 0.248. The molecule has 0 bridgehead atoms. The van der Waals surface area contributed by atoms with Gasteiger partial charge in [-0.1, -0.05) is 29.4 Å². The Morgan fingerprint density at radius 1 is 1.86 bits per heavy atom. The van der Waals surface area contributed by atoms with E-state index in [2.05, 4.69) is 11.7 Å². The van der Waals surface area contributed by atoms with Gasteiger partial charge in [0.15, 0.2) is 0 Å². The zero-order chi connectivity index (χ0) is 5.70. The van der Waals surface area contributed by atoms with Crippen molar-refractivity contribution in [3.63, 3.8) is 0 Å². The average molecular weight is 156 g/mol. The highest BCUT2D eigenvalue weighted by Gasteiger charge is 1.96. The molecule has 0 aromatic carbocycles. The lowest BCUT2D eigenvalue weighted by molar-refractivity contribution is 0.261. The zero-order valence-electron chi connectivity index (χ0n) is 4.00. The van der Waals surface area contributed by atoms with Crippen LogP contribution in [0.2, 0.25) is 0 Å². The quantitative estimate of drug-likeness (QED) is 0.370. The third-order valence-corrected chi connectivity index (χ3v) is 2.84. The Bertz CT molecular complexity index is 41.2. The number of rotatable bonds is 3. The molecule has 1 unspecified atom stereocenters. The predicted octanol–water partition coefficient (Wildman–Crippen LogP) is 1.94. The van der Waals surface area contributed by atoms with Gasteiger partial charge in [-0.05, 0) is 16.2 Å². The minimum Gasteiger partial charge on any atom is -0.382 e. The average Bonchev–Trinajstić information content (AvgIpc) is 1.68. The molecule has 0 saturated heterocycles. The van der Waals surface area contributed by atoms with Gasteiger partial charge in [0, 0.05) is 0 Å². The second-order valence-electron chi connectivity index (χ2n) is 1.03. The van der Waals surface area contributed by atoms with E-state index in [1.54, 1.807) is 0 Å². The molecule has 0 fully saturated rings. The predicted molar refractivity (Wildman–Crippen MR) is 40.5 cm³/mol. The van der Waals surface area contributed by atoms with Crippen LogP contribution in [0, 0.1) is 0 Å². The molecule has 0 aliphatic rings. The second-order valence-corrected chi connectivity index (χ2v) is 4.29. The van der Waals surface area contributed by atoms with E-state index < -0.39 is 0 Å². The van der Waals surface area contributed by atoms with Gasteiger partial charge < -0.3 is 5.11 Å².